The van der Waals surface area contributed by atoms with E-state index in [1.807, 2.05) is 0 Å². The van der Waals surface area contributed by atoms with Crippen LogP contribution in [-0.4, -0.2) is 60.2 Å². The molecule has 162 valence electrons. The number of carbonyl (C=O) groups is 4. The molecule has 1 heterocycles. The summed E-state index contributed by atoms with van der Waals surface area (Å²) in [7, 11) is 1.56. The van der Waals surface area contributed by atoms with Crippen LogP contribution in [0.15, 0.2) is 24.3 Å². The molecule has 1 N–H and O–H groups in total. The molecular weight excluding hydrogens is 386 g/mol. The highest BCUT2D eigenvalue weighted by atomic mass is 16.5. The summed E-state index contributed by atoms with van der Waals surface area (Å²) in [4.78, 5) is 52.7. The minimum atomic E-state index is -0.310. The third kappa shape index (κ3) is 4.80. The average Bonchev–Trinajstić information content (AvgIpc) is 3.01. The van der Waals surface area contributed by atoms with Crippen molar-refractivity contribution >= 4 is 29.3 Å². The van der Waals surface area contributed by atoms with Crippen molar-refractivity contribution in [1.82, 2.24) is 9.80 Å². The molecule has 0 spiro atoms. The van der Waals surface area contributed by atoms with Crippen LogP contribution in [0.2, 0.25) is 0 Å². The molecular formula is C22H29N3O5. The van der Waals surface area contributed by atoms with Crippen molar-refractivity contribution in [3.63, 3.8) is 0 Å². The summed E-state index contributed by atoms with van der Waals surface area (Å²) < 4.78 is 5.09. The van der Waals surface area contributed by atoms with Crippen molar-refractivity contribution in [3.8, 4) is 5.75 Å². The standard InChI is InChI=1S/C22H29N3O5/c1-3-24(14-19(26)23-15-8-10-16(30-2)11-9-15)20(27)12-13-25-21(28)17-6-4-5-7-18(17)22(25)29/h8-11,17-18H,3-7,12-14H2,1-2H3,(H,23,26)/t17-,18-/m1/s1. The Morgan fingerprint density at radius 3 is 2.23 bits per heavy atom. The zero-order valence-corrected chi connectivity index (χ0v) is 17.6. The van der Waals surface area contributed by atoms with Crippen molar-refractivity contribution in [3.05, 3.63) is 24.3 Å². The Morgan fingerprint density at radius 2 is 1.70 bits per heavy atom. The minimum absolute atomic E-state index is 0.0283. The first kappa shape index (κ1) is 21.8. The van der Waals surface area contributed by atoms with Crippen LogP contribution in [0, 0.1) is 11.8 Å². The molecule has 8 heteroatoms. The number of hydrogen-bond donors (Lipinski definition) is 1. The summed E-state index contributed by atoms with van der Waals surface area (Å²) in [6.07, 6.45) is 3.49. The molecule has 2 aliphatic rings. The molecule has 1 saturated heterocycles. The van der Waals surface area contributed by atoms with Gasteiger partial charge in [0.2, 0.25) is 23.6 Å². The van der Waals surface area contributed by atoms with Crippen LogP contribution in [0.5, 0.6) is 5.75 Å². The summed E-state index contributed by atoms with van der Waals surface area (Å²) in [5, 5.41) is 2.75. The van der Waals surface area contributed by atoms with Gasteiger partial charge in [-0.2, -0.15) is 0 Å². The Balaban J connectivity index is 1.51. The van der Waals surface area contributed by atoms with E-state index in [-0.39, 0.29) is 55.0 Å². The molecule has 1 aromatic carbocycles. The molecule has 1 aliphatic carbocycles. The highest BCUT2D eigenvalue weighted by Crippen LogP contribution is 2.38. The number of likely N-dealkylation sites (N-methyl/N-ethyl adjacent to an activating group) is 1. The Hall–Kier alpha value is -2.90. The number of imide groups is 1. The summed E-state index contributed by atoms with van der Waals surface area (Å²) in [6.45, 7) is 2.15. The van der Waals surface area contributed by atoms with Crippen LogP contribution >= 0.6 is 0 Å². The third-order valence-electron chi connectivity index (χ3n) is 5.92. The van der Waals surface area contributed by atoms with E-state index in [1.165, 1.54) is 9.80 Å². The molecule has 8 nitrogen and oxygen atoms in total. The van der Waals surface area contributed by atoms with Gasteiger partial charge in [-0.25, -0.2) is 0 Å². The number of anilines is 1. The second-order valence-electron chi connectivity index (χ2n) is 7.76. The SMILES string of the molecule is CCN(CC(=O)Nc1ccc(OC)cc1)C(=O)CCN1C(=O)[C@@H]2CCCC[C@H]2C1=O. The highest BCUT2D eigenvalue weighted by molar-refractivity contribution is 6.05. The second-order valence-corrected chi connectivity index (χ2v) is 7.76. The number of amides is 4. The number of methoxy groups -OCH3 is 1. The van der Waals surface area contributed by atoms with Gasteiger partial charge in [0.1, 0.15) is 5.75 Å². The number of likely N-dealkylation sites (tertiary alicyclic amines) is 1. The number of nitrogens with zero attached hydrogens (tertiary/aromatic N) is 2. The highest BCUT2D eigenvalue weighted by Gasteiger charge is 2.47. The van der Waals surface area contributed by atoms with Crippen LogP contribution in [0.25, 0.3) is 0 Å². The van der Waals surface area contributed by atoms with E-state index in [4.69, 9.17) is 4.74 Å². The number of nitrogens with one attached hydrogen (secondary N) is 1. The third-order valence-corrected chi connectivity index (χ3v) is 5.92. The zero-order chi connectivity index (χ0) is 21.7. The summed E-state index contributed by atoms with van der Waals surface area (Å²) in [5.74, 6) is -0.579. The van der Waals surface area contributed by atoms with E-state index in [2.05, 4.69) is 5.32 Å². The molecule has 0 bridgehead atoms. The molecule has 0 radical (unpaired) electrons. The van der Waals surface area contributed by atoms with E-state index in [0.29, 0.717) is 18.0 Å². The second kappa shape index (κ2) is 9.73. The van der Waals surface area contributed by atoms with E-state index in [9.17, 15) is 19.2 Å². The molecule has 0 unspecified atom stereocenters. The van der Waals surface area contributed by atoms with Crippen LogP contribution in [0.4, 0.5) is 5.69 Å². The maximum absolute atomic E-state index is 12.6. The lowest BCUT2D eigenvalue weighted by atomic mass is 9.81. The lowest BCUT2D eigenvalue weighted by Gasteiger charge is -2.22. The Bertz CT molecular complexity index is 783. The van der Waals surface area contributed by atoms with Gasteiger partial charge in [0, 0.05) is 25.2 Å². The predicted octanol–water partition coefficient (Wildman–Crippen LogP) is 2.05. The molecule has 4 amide bonds. The quantitative estimate of drug-likeness (QED) is 0.656. The van der Waals surface area contributed by atoms with Gasteiger partial charge in [-0.3, -0.25) is 24.1 Å². The first-order valence-electron chi connectivity index (χ1n) is 10.5. The molecule has 0 aromatic heterocycles. The molecule has 3 rings (SSSR count). The summed E-state index contributed by atoms with van der Waals surface area (Å²) >= 11 is 0. The maximum atomic E-state index is 12.6. The Kier molecular flexibility index (Phi) is 7.07. The van der Waals surface area contributed by atoms with Gasteiger partial charge in [-0.15, -0.1) is 0 Å². The fraction of sp³-hybridized carbons (Fsp3) is 0.545. The van der Waals surface area contributed by atoms with E-state index in [0.717, 1.165) is 25.7 Å². The topological polar surface area (TPSA) is 96.0 Å². The van der Waals surface area contributed by atoms with Crippen LogP contribution in [0.1, 0.15) is 39.0 Å². The van der Waals surface area contributed by atoms with Gasteiger partial charge in [-0.05, 0) is 44.0 Å². The van der Waals surface area contributed by atoms with Crippen molar-refractivity contribution in [1.29, 1.82) is 0 Å². The van der Waals surface area contributed by atoms with Crippen LogP contribution < -0.4 is 10.1 Å². The monoisotopic (exact) mass is 415 g/mol. The maximum Gasteiger partial charge on any atom is 0.243 e. The molecule has 1 aliphatic heterocycles. The van der Waals surface area contributed by atoms with Gasteiger partial charge < -0.3 is 15.0 Å². The summed E-state index contributed by atoms with van der Waals surface area (Å²) in [5.41, 5.74) is 0.611. The van der Waals surface area contributed by atoms with Crippen molar-refractivity contribution < 1.29 is 23.9 Å². The minimum Gasteiger partial charge on any atom is -0.497 e. The van der Waals surface area contributed by atoms with Crippen molar-refractivity contribution in [2.45, 2.75) is 39.0 Å². The van der Waals surface area contributed by atoms with Gasteiger partial charge in [0.25, 0.3) is 0 Å². The lowest BCUT2D eigenvalue weighted by molar-refractivity contribution is -0.141. The molecule has 2 fully saturated rings. The first-order chi connectivity index (χ1) is 14.4. The van der Waals surface area contributed by atoms with E-state index in [1.54, 1.807) is 38.3 Å². The number of rotatable bonds is 8. The molecule has 30 heavy (non-hydrogen) atoms. The molecule has 1 aromatic rings. The average molecular weight is 415 g/mol. The zero-order valence-electron chi connectivity index (χ0n) is 17.6. The van der Waals surface area contributed by atoms with Gasteiger partial charge in [-0.1, -0.05) is 12.8 Å². The van der Waals surface area contributed by atoms with E-state index >= 15 is 0 Å². The van der Waals surface area contributed by atoms with Crippen LogP contribution in [-0.2, 0) is 19.2 Å². The van der Waals surface area contributed by atoms with Crippen LogP contribution in [0.3, 0.4) is 0 Å². The number of hydrogen-bond acceptors (Lipinski definition) is 5. The first-order valence-corrected chi connectivity index (χ1v) is 10.5. The van der Waals surface area contributed by atoms with Gasteiger partial charge in [0.05, 0.1) is 25.5 Å². The summed E-state index contributed by atoms with van der Waals surface area (Å²) in [6, 6.07) is 6.91. The van der Waals surface area contributed by atoms with E-state index < -0.39 is 0 Å². The normalized spacial score (nSPS) is 20.7. The number of benzene rings is 1. The largest absolute Gasteiger partial charge is 0.497 e. The molecule has 2 atom stereocenters. The smallest absolute Gasteiger partial charge is 0.243 e. The Labute approximate surface area is 176 Å². The molecule has 1 saturated carbocycles. The van der Waals surface area contributed by atoms with Crippen molar-refractivity contribution in [2.24, 2.45) is 11.8 Å². The van der Waals surface area contributed by atoms with Gasteiger partial charge in [0.15, 0.2) is 0 Å². The number of carbonyl (C=O) groups excluding carboxylic acids is 4. The fourth-order valence-electron chi connectivity index (χ4n) is 4.24. The lowest BCUT2D eigenvalue weighted by Crippen LogP contribution is -2.40. The Morgan fingerprint density at radius 1 is 1.10 bits per heavy atom. The fourth-order valence-corrected chi connectivity index (χ4v) is 4.24. The number of ether oxygens (including phenoxy) is 1. The number of fused-ring (bicyclic) bond motifs is 1. The van der Waals surface area contributed by atoms with Crippen molar-refractivity contribution in [2.75, 3.05) is 32.1 Å². The van der Waals surface area contributed by atoms with Gasteiger partial charge >= 0.3 is 0 Å². The predicted molar refractivity (Wildman–Crippen MR) is 111 cm³/mol.